The molecule has 2 atom stereocenters. The summed E-state index contributed by atoms with van der Waals surface area (Å²) in [6.07, 6.45) is 3.88. The molecule has 0 aliphatic heterocycles. The molecular formula is C27H33FN6O2. The molecule has 0 bridgehead atoms. The van der Waals surface area contributed by atoms with Gasteiger partial charge in [-0.25, -0.2) is 9.37 Å². The van der Waals surface area contributed by atoms with E-state index in [9.17, 15) is 14.0 Å². The van der Waals surface area contributed by atoms with E-state index in [0.717, 1.165) is 30.5 Å². The molecule has 9 heteroatoms. The first-order valence-corrected chi connectivity index (χ1v) is 12.4. The van der Waals surface area contributed by atoms with Crippen molar-refractivity contribution in [3.05, 3.63) is 59.2 Å². The van der Waals surface area contributed by atoms with Crippen molar-refractivity contribution in [1.29, 1.82) is 0 Å². The Morgan fingerprint density at radius 3 is 2.78 bits per heavy atom. The summed E-state index contributed by atoms with van der Waals surface area (Å²) in [6, 6.07) is 8.37. The van der Waals surface area contributed by atoms with Crippen LogP contribution in [-0.2, 0) is 4.79 Å². The molecule has 1 saturated carbocycles. The van der Waals surface area contributed by atoms with E-state index in [4.69, 9.17) is 0 Å². The van der Waals surface area contributed by atoms with E-state index in [-0.39, 0.29) is 29.3 Å². The lowest BCUT2D eigenvalue weighted by atomic mass is 9.98. The maximum absolute atomic E-state index is 14.8. The van der Waals surface area contributed by atoms with Crippen LogP contribution >= 0.6 is 0 Å². The molecule has 190 valence electrons. The Hall–Kier alpha value is -3.62. The highest BCUT2D eigenvalue weighted by atomic mass is 19.1. The lowest BCUT2D eigenvalue weighted by Crippen LogP contribution is -2.27. The smallest absolute Gasteiger partial charge is 0.259 e. The maximum atomic E-state index is 14.8. The molecule has 1 aliphatic rings. The minimum absolute atomic E-state index is 0.0340. The van der Waals surface area contributed by atoms with Gasteiger partial charge in [-0.3, -0.25) is 9.59 Å². The second-order valence-electron chi connectivity index (χ2n) is 9.83. The van der Waals surface area contributed by atoms with Crippen LogP contribution in [0.4, 0.5) is 10.2 Å². The van der Waals surface area contributed by atoms with Crippen molar-refractivity contribution in [3.8, 4) is 11.5 Å². The van der Waals surface area contributed by atoms with Gasteiger partial charge in [0, 0.05) is 26.1 Å². The number of carbonyl (C=O) groups is 2. The molecule has 1 aliphatic carbocycles. The summed E-state index contributed by atoms with van der Waals surface area (Å²) >= 11 is 0. The number of pyridine rings is 1. The zero-order chi connectivity index (χ0) is 26.0. The molecule has 2 heterocycles. The fourth-order valence-corrected chi connectivity index (χ4v) is 4.57. The van der Waals surface area contributed by atoms with E-state index in [1.54, 1.807) is 35.5 Å². The number of amides is 2. The second-order valence-corrected chi connectivity index (χ2v) is 9.83. The maximum Gasteiger partial charge on any atom is 0.259 e. The Bertz CT molecular complexity index is 1270. The van der Waals surface area contributed by atoms with E-state index < -0.39 is 11.7 Å². The monoisotopic (exact) mass is 492 g/mol. The summed E-state index contributed by atoms with van der Waals surface area (Å²) in [5, 5.41) is 10.8. The molecule has 2 amide bonds. The predicted molar refractivity (Wildman–Crippen MR) is 136 cm³/mol. The van der Waals surface area contributed by atoms with Gasteiger partial charge >= 0.3 is 0 Å². The number of aryl methyl sites for hydroxylation is 1. The summed E-state index contributed by atoms with van der Waals surface area (Å²) in [5.41, 5.74) is 2.24. The van der Waals surface area contributed by atoms with Gasteiger partial charge in [-0.2, -0.15) is 0 Å². The van der Waals surface area contributed by atoms with E-state index >= 15 is 0 Å². The van der Waals surface area contributed by atoms with Crippen molar-refractivity contribution in [2.75, 3.05) is 18.9 Å². The molecule has 2 aromatic heterocycles. The predicted octanol–water partition coefficient (Wildman–Crippen LogP) is 4.98. The number of carbonyl (C=O) groups excluding carboxylic acids is 2. The molecule has 0 radical (unpaired) electrons. The van der Waals surface area contributed by atoms with E-state index in [1.165, 1.54) is 6.07 Å². The van der Waals surface area contributed by atoms with Crippen LogP contribution in [0.2, 0.25) is 0 Å². The zero-order valence-corrected chi connectivity index (χ0v) is 21.5. The van der Waals surface area contributed by atoms with Gasteiger partial charge in [-0.15, -0.1) is 10.2 Å². The van der Waals surface area contributed by atoms with Gasteiger partial charge in [0.2, 0.25) is 5.91 Å². The topological polar surface area (TPSA) is 93.0 Å². The normalized spacial score (nSPS) is 16.8. The van der Waals surface area contributed by atoms with Crippen molar-refractivity contribution < 1.29 is 14.0 Å². The molecule has 1 N–H and O–H groups in total. The Kier molecular flexibility index (Phi) is 7.47. The average Bonchev–Trinajstić information content (AvgIpc) is 3.38. The largest absolute Gasteiger partial charge is 0.346 e. The third-order valence-electron chi connectivity index (χ3n) is 6.69. The third kappa shape index (κ3) is 5.45. The fourth-order valence-electron chi connectivity index (χ4n) is 4.57. The number of halogens is 1. The number of rotatable bonds is 9. The lowest BCUT2D eigenvalue weighted by molar-refractivity contribution is -0.130. The van der Waals surface area contributed by atoms with Crippen LogP contribution in [0.5, 0.6) is 0 Å². The van der Waals surface area contributed by atoms with Crippen LogP contribution in [0.15, 0.2) is 36.7 Å². The third-order valence-corrected chi connectivity index (χ3v) is 6.69. The van der Waals surface area contributed by atoms with E-state index in [0.29, 0.717) is 23.8 Å². The minimum atomic E-state index is -0.583. The lowest BCUT2D eigenvalue weighted by Gasteiger charge is -2.16. The van der Waals surface area contributed by atoms with Crippen molar-refractivity contribution in [1.82, 2.24) is 24.6 Å². The highest BCUT2D eigenvalue weighted by Gasteiger charge is 2.41. The summed E-state index contributed by atoms with van der Waals surface area (Å²) in [4.78, 5) is 31.7. The molecule has 1 fully saturated rings. The second kappa shape index (κ2) is 10.6. The molecule has 3 aromatic rings. The number of benzene rings is 1. The van der Waals surface area contributed by atoms with Crippen LogP contribution in [-0.4, -0.2) is 50.1 Å². The Labute approximate surface area is 210 Å². The molecule has 36 heavy (non-hydrogen) atoms. The first-order valence-electron chi connectivity index (χ1n) is 12.4. The van der Waals surface area contributed by atoms with Crippen molar-refractivity contribution in [3.63, 3.8) is 0 Å². The standard InChI is InChI=1S/C27H33FN6O2/c1-6-10-33(5)25(35)13-18-12-20(18)19-14-21(22(28)11-17(19)4)27(36)31-24-9-7-8-23(30-24)26-32-29-15-34(26)16(2)3/h7-9,11,14-16,18,20H,6,10,12-13H2,1-5H3,(H,30,31,36). The van der Waals surface area contributed by atoms with Crippen molar-refractivity contribution >= 4 is 17.6 Å². The zero-order valence-electron chi connectivity index (χ0n) is 21.5. The van der Waals surface area contributed by atoms with Crippen molar-refractivity contribution in [2.24, 2.45) is 5.92 Å². The van der Waals surface area contributed by atoms with Gasteiger partial charge in [0.25, 0.3) is 5.91 Å². The molecule has 0 saturated heterocycles. The van der Waals surface area contributed by atoms with Gasteiger partial charge in [0.1, 0.15) is 23.7 Å². The quantitative estimate of drug-likeness (QED) is 0.455. The highest BCUT2D eigenvalue weighted by Crippen LogP contribution is 2.51. The number of nitrogens with zero attached hydrogens (tertiary/aromatic N) is 5. The number of nitrogens with one attached hydrogen (secondary N) is 1. The number of aromatic nitrogens is 4. The number of hydrogen-bond donors (Lipinski definition) is 1. The summed E-state index contributed by atoms with van der Waals surface area (Å²) in [5.74, 6) is 0.227. The van der Waals surface area contributed by atoms with Gasteiger partial charge < -0.3 is 14.8 Å². The first kappa shape index (κ1) is 25.5. The van der Waals surface area contributed by atoms with Crippen LogP contribution in [0.1, 0.15) is 73.5 Å². The van der Waals surface area contributed by atoms with Crippen molar-refractivity contribution in [2.45, 2.75) is 58.9 Å². The number of hydrogen-bond acceptors (Lipinski definition) is 5. The molecule has 8 nitrogen and oxygen atoms in total. The molecule has 0 spiro atoms. The Balaban J connectivity index is 1.50. The van der Waals surface area contributed by atoms with Crippen LogP contribution in [0.3, 0.4) is 0 Å². The summed E-state index contributed by atoms with van der Waals surface area (Å²) < 4.78 is 16.7. The van der Waals surface area contributed by atoms with Gasteiger partial charge in [0.15, 0.2) is 5.82 Å². The number of anilines is 1. The fraction of sp³-hybridized carbons (Fsp3) is 0.444. The summed E-state index contributed by atoms with van der Waals surface area (Å²) in [6.45, 7) is 8.65. The van der Waals surface area contributed by atoms with Gasteiger partial charge in [0.05, 0.1) is 5.56 Å². The van der Waals surface area contributed by atoms with Crippen LogP contribution in [0, 0.1) is 18.7 Å². The van der Waals surface area contributed by atoms with Gasteiger partial charge in [-0.1, -0.05) is 13.0 Å². The molecule has 4 rings (SSSR count). The van der Waals surface area contributed by atoms with E-state index in [1.807, 2.05) is 39.3 Å². The Morgan fingerprint density at radius 2 is 2.06 bits per heavy atom. The average molecular weight is 493 g/mol. The van der Waals surface area contributed by atoms with Crippen LogP contribution < -0.4 is 5.32 Å². The Morgan fingerprint density at radius 1 is 1.28 bits per heavy atom. The van der Waals surface area contributed by atoms with E-state index in [2.05, 4.69) is 20.5 Å². The highest BCUT2D eigenvalue weighted by molar-refractivity contribution is 6.04. The summed E-state index contributed by atoms with van der Waals surface area (Å²) in [7, 11) is 1.82. The SMILES string of the molecule is CCCN(C)C(=O)CC1CC1c1cc(C(=O)Nc2cccc(-c3nncn3C(C)C)n2)c(F)cc1C. The first-order chi connectivity index (χ1) is 17.2. The molecule has 2 unspecified atom stereocenters. The minimum Gasteiger partial charge on any atom is -0.346 e. The van der Waals surface area contributed by atoms with Crippen LogP contribution in [0.25, 0.3) is 11.5 Å². The van der Waals surface area contributed by atoms with Gasteiger partial charge in [-0.05, 0) is 80.8 Å². The molecule has 1 aromatic carbocycles. The molecular weight excluding hydrogens is 459 g/mol.